The fraction of sp³-hybridized carbons (Fsp3) is 0.208. The number of hydrogen-bond donors (Lipinski definition) is 3. The molecule has 0 saturated heterocycles. The van der Waals surface area contributed by atoms with Gasteiger partial charge in [-0.1, -0.05) is 20.8 Å². The lowest BCUT2D eigenvalue weighted by atomic mass is 9.86. The third kappa shape index (κ3) is 5.10. The zero-order chi connectivity index (χ0) is 21.9. The minimum Gasteiger partial charge on any atom is -0.508 e. The highest BCUT2D eigenvalue weighted by molar-refractivity contribution is 5.91. The van der Waals surface area contributed by atoms with E-state index in [2.05, 4.69) is 0 Å². The van der Waals surface area contributed by atoms with Gasteiger partial charge in [0.15, 0.2) is 0 Å². The molecule has 0 radical (unpaired) electrons. The summed E-state index contributed by atoms with van der Waals surface area (Å²) in [6.07, 6.45) is -1.22. The van der Waals surface area contributed by atoms with Gasteiger partial charge >= 0.3 is 5.97 Å². The highest BCUT2D eigenvalue weighted by Crippen LogP contribution is 2.36. The first-order valence-electron chi connectivity index (χ1n) is 9.43. The summed E-state index contributed by atoms with van der Waals surface area (Å²) in [6, 6.07) is 16.8. The lowest BCUT2D eigenvalue weighted by molar-refractivity contribution is -0.0196. The maximum absolute atomic E-state index is 12.5. The van der Waals surface area contributed by atoms with E-state index in [1.807, 2.05) is 20.8 Å². The molecule has 0 aliphatic carbocycles. The minimum absolute atomic E-state index is 0.0654. The van der Waals surface area contributed by atoms with Crippen LogP contribution in [0.1, 0.15) is 48.5 Å². The van der Waals surface area contributed by atoms with E-state index >= 15 is 0 Å². The van der Waals surface area contributed by atoms with Crippen molar-refractivity contribution < 1.29 is 29.6 Å². The van der Waals surface area contributed by atoms with Gasteiger partial charge in [-0.3, -0.25) is 0 Å². The molecule has 3 rings (SSSR count). The Labute approximate surface area is 175 Å². The van der Waals surface area contributed by atoms with Gasteiger partial charge in [0.25, 0.3) is 0 Å². The fourth-order valence-electron chi connectivity index (χ4n) is 2.85. The summed E-state index contributed by atoms with van der Waals surface area (Å²) < 4.78 is 11.2. The second-order valence-electron chi connectivity index (χ2n) is 7.91. The van der Waals surface area contributed by atoms with Crippen molar-refractivity contribution >= 4 is 5.97 Å². The van der Waals surface area contributed by atoms with Gasteiger partial charge in [-0.15, -0.1) is 0 Å². The van der Waals surface area contributed by atoms with E-state index in [0.717, 1.165) is 5.56 Å². The van der Waals surface area contributed by atoms with Crippen molar-refractivity contribution in [2.24, 2.45) is 0 Å². The number of hydrogen-bond acceptors (Lipinski definition) is 6. The standard InChI is InChI=1S/C24H24O6/c1-24(2,3)20-14-19(29-22(27)15-4-8-17(25)9-5-15)12-13-21(20)30-23(28)16-6-10-18(26)11-7-16/h4-14,22,25-27H,1-3H3. The van der Waals surface area contributed by atoms with Crippen LogP contribution < -0.4 is 9.47 Å². The Morgan fingerprint density at radius 1 is 0.867 bits per heavy atom. The molecule has 0 fully saturated rings. The van der Waals surface area contributed by atoms with E-state index in [-0.39, 0.29) is 16.9 Å². The van der Waals surface area contributed by atoms with E-state index in [9.17, 15) is 20.1 Å². The molecule has 0 saturated carbocycles. The second-order valence-corrected chi connectivity index (χ2v) is 7.91. The van der Waals surface area contributed by atoms with E-state index in [4.69, 9.17) is 9.47 Å². The molecule has 30 heavy (non-hydrogen) atoms. The first-order valence-corrected chi connectivity index (χ1v) is 9.43. The van der Waals surface area contributed by atoms with E-state index in [0.29, 0.717) is 22.6 Å². The highest BCUT2D eigenvalue weighted by Gasteiger charge is 2.23. The van der Waals surface area contributed by atoms with Crippen molar-refractivity contribution in [1.29, 1.82) is 0 Å². The first kappa shape index (κ1) is 21.2. The zero-order valence-corrected chi connectivity index (χ0v) is 17.0. The van der Waals surface area contributed by atoms with Crippen LogP contribution in [0.25, 0.3) is 0 Å². The van der Waals surface area contributed by atoms with Crippen molar-refractivity contribution in [2.45, 2.75) is 32.5 Å². The van der Waals surface area contributed by atoms with Crippen LogP contribution >= 0.6 is 0 Å². The Hall–Kier alpha value is -3.51. The molecule has 3 N–H and O–H groups in total. The van der Waals surface area contributed by atoms with E-state index in [1.54, 1.807) is 30.3 Å². The molecular formula is C24H24O6. The Morgan fingerprint density at radius 3 is 2.00 bits per heavy atom. The lowest BCUT2D eigenvalue weighted by Gasteiger charge is -2.24. The SMILES string of the molecule is CC(C)(C)c1cc(OC(O)c2ccc(O)cc2)ccc1OC(=O)c1ccc(O)cc1. The quantitative estimate of drug-likeness (QED) is 0.322. The van der Waals surface area contributed by atoms with E-state index in [1.165, 1.54) is 36.4 Å². The largest absolute Gasteiger partial charge is 0.508 e. The third-order valence-electron chi connectivity index (χ3n) is 4.49. The van der Waals surface area contributed by atoms with Crippen molar-refractivity contribution in [3.05, 3.63) is 83.4 Å². The number of carbonyl (C=O) groups excluding carboxylic acids is 1. The molecule has 0 amide bonds. The van der Waals surface area contributed by atoms with Gasteiger partial charge in [-0.05, 0) is 72.1 Å². The van der Waals surface area contributed by atoms with Gasteiger partial charge in [0.1, 0.15) is 23.0 Å². The Balaban J connectivity index is 1.83. The van der Waals surface area contributed by atoms with Crippen LogP contribution in [0.15, 0.2) is 66.7 Å². The highest BCUT2D eigenvalue weighted by atomic mass is 16.6. The average Bonchev–Trinajstić information content (AvgIpc) is 2.69. The lowest BCUT2D eigenvalue weighted by Crippen LogP contribution is -2.17. The smallest absolute Gasteiger partial charge is 0.343 e. The van der Waals surface area contributed by atoms with Crippen molar-refractivity contribution in [3.8, 4) is 23.0 Å². The minimum atomic E-state index is -1.22. The number of rotatable bonds is 5. The molecule has 6 heteroatoms. The van der Waals surface area contributed by atoms with Crippen LogP contribution in [0.4, 0.5) is 0 Å². The molecule has 0 aromatic heterocycles. The summed E-state index contributed by atoms with van der Waals surface area (Å²) in [5, 5.41) is 29.1. The van der Waals surface area contributed by atoms with Crippen LogP contribution in [0, 0.1) is 0 Å². The van der Waals surface area contributed by atoms with Crippen molar-refractivity contribution in [3.63, 3.8) is 0 Å². The summed E-state index contributed by atoms with van der Waals surface area (Å²) in [7, 11) is 0. The number of aliphatic hydroxyl groups excluding tert-OH is 1. The summed E-state index contributed by atoms with van der Waals surface area (Å²) >= 11 is 0. The molecule has 1 atom stereocenters. The maximum Gasteiger partial charge on any atom is 0.343 e. The molecule has 0 heterocycles. The van der Waals surface area contributed by atoms with Gasteiger partial charge < -0.3 is 24.8 Å². The Kier molecular flexibility index (Phi) is 5.99. The summed E-state index contributed by atoms with van der Waals surface area (Å²) in [4.78, 5) is 12.5. The van der Waals surface area contributed by atoms with Gasteiger partial charge in [0.2, 0.25) is 6.29 Å². The Bertz CT molecular complexity index is 1020. The molecule has 156 valence electrons. The van der Waals surface area contributed by atoms with Crippen LogP contribution in [0.5, 0.6) is 23.0 Å². The second kappa shape index (κ2) is 8.47. The van der Waals surface area contributed by atoms with Crippen LogP contribution in [-0.4, -0.2) is 21.3 Å². The van der Waals surface area contributed by atoms with Gasteiger partial charge in [-0.25, -0.2) is 4.79 Å². The monoisotopic (exact) mass is 408 g/mol. The van der Waals surface area contributed by atoms with Crippen molar-refractivity contribution in [1.82, 2.24) is 0 Å². The predicted molar refractivity (Wildman–Crippen MR) is 112 cm³/mol. The third-order valence-corrected chi connectivity index (χ3v) is 4.49. The normalized spacial score (nSPS) is 12.3. The molecular weight excluding hydrogens is 384 g/mol. The zero-order valence-electron chi connectivity index (χ0n) is 17.0. The number of aromatic hydroxyl groups is 2. The maximum atomic E-state index is 12.5. The van der Waals surface area contributed by atoms with Crippen LogP contribution in [0.3, 0.4) is 0 Å². The number of carbonyl (C=O) groups is 1. The summed E-state index contributed by atoms with van der Waals surface area (Å²) in [5.74, 6) is 0.409. The molecule has 6 nitrogen and oxygen atoms in total. The molecule has 1 unspecified atom stereocenters. The van der Waals surface area contributed by atoms with Crippen LogP contribution in [-0.2, 0) is 5.41 Å². The van der Waals surface area contributed by atoms with Gasteiger partial charge in [0.05, 0.1) is 5.56 Å². The molecule has 0 aliphatic heterocycles. The topological polar surface area (TPSA) is 96.2 Å². The first-order chi connectivity index (χ1) is 14.1. The number of phenolic OH excluding ortho intramolecular Hbond substituents is 2. The van der Waals surface area contributed by atoms with Gasteiger partial charge in [0, 0.05) is 11.1 Å². The molecule has 0 aliphatic rings. The molecule has 0 bridgehead atoms. The van der Waals surface area contributed by atoms with Crippen molar-refractivity contribution in [2.75, 3.05) is 0 Å². The van der Waals surface area contributed by atoms with Crippen LogP contribution in [0.2, 0.25) is 0 Å². The number of benzene rings is 3. The number of phenols is 2. The Morgan fingerprint density at radius 2 is 1.43 bits per heavy atom. The fourth-order valence-corrected chi connectivity index (χ4v) is 2.85. The average molecular weight is 408 g/mol. The number of esters is 1. The molecule has 3 aromatic rings. The summed E-state index contributed by atoms with van der Waals surface area (Å²) in [6.45, 7) is 5.92. The number of ether oxygens (including phenoxy) is 2. The van der Waals surface area contributed by atoms with Gasteiger partial charge in [-0.2, -0.15) is 0 Å². The number of aliphatic hydroxyl groups is 1. The van der Waals surface area contributed by atoms with E-state index < -0.39 is 12.3 Å². The molecule has 3 aromatic carbocycles. The molecule has 0 spiro atoms. The predicted octanol–water partition coefficient (Wildman–Crippen LogP) is 4.68. The summed E-state index contributed by atoms with van der Waals surface area (Å²) in [5.41, 5.74) is 1.17.